The van der Waals surface area contributed by atoms with Gasteiger partial charge in [0.05, 0.1) is 10.0 Å². The Hall–Kier alpha value is -0.400. The Labute approximate surface area is 114 Å². The van der Waals surface area contributed by atoms with E-state index in [1.807, 2.05) is 18.2 Å². The molecule has 1 N–H and O–H groups in total. The van der Waals surface area contributed by atoms with Crippen LogP contribution in [0.3, 0.4) is 0 Å². The lowest BCUT2D eigenvalue weighted by atomic mass is 9.79. The summed E-state index contributed by atoms with van der Waals surface area (Å²) in [5.74, 6) is 1.64. The van der Waals surface area contributed by atoms with E-state index in [0.717, 1.165) is 17.5 Å². The highest BCUT2D eigenvalue weighted by Crippen LogP contribution is 2.32. The lowest BCUT2D eigenvalue weighted by Crippen LogP contribution is -2.30. The first-order valence-electron chi connectivity index (χ1n) is 6.28. The van der Waals surface area contributed by atoms with Gasteiger partial charge in [0.15, 0.2) is 0 Å². The molecular formula is C14H19Cl2N. The first-order valence-corrected chi connectivity index (χ1v) is 7.03. The molecule has 3 heteroatoms. The summed E-state index contributed by atoms with van der Waals surface area (Å²) in [4.78, 5) is 0. The van der Waals surface area contributed by atoms with Crippen LogP contribution in [0.5, 0.6) is 0 Å². The molecule has 17 heavy (non-hydrogen) atoms. The van der Waals surface area contributed by atoms with Crippen LogP contribution in [0.15, 0.2) is 18.2 Å². The van der Waals surface area contributed by atoms with Crippen molar-refractivity contribution in [1.29, 1.82) is 0 Å². The lowest BCUT2D eigenvalue weighted by Gasteiger charge is -2.33. The van der Waals surface area contributed by atoms with Gasteiger partial charge in [0.1, 0.15) is 0 Å². The van der Waals surface area contributed by atoms with Crippen LogP contribution in [0, 0.1) is 11.8 Å². The van der Waals surface area contributed by atoms with E-state index in [4.69, 9.17) is 23.2 Å². The molecule has 3 unspecified atom stereocenters. The van der Waals surface area contributed by atoms with Crippen molar-refractivity contribution >= 4 is 28.9 Å². The van der Waals surface area contributed by atoms with E-state index in [1.54, 1.807) is 0 Å². The fourth-order valence-electron chi connectivity index (χ4n) is 2.50. The lowest BCUT2D eigenvalue weighted by molar-refractivity contribution is 0.261. The van der Waals surface area contributed by atoms with Crippen molar-refractivity contribution in [1.82, 2.24) is 0 Å². The van der Waals surface area contributed by atoms with Crippen LogP contribution in [-0.2, 0) is 0 Å². The fourth-order valence-corrected chi connectivity index (χ4v) is 2.80. The maximum absolute atomic E-state index is 6.01. The summed E-state index contributed by atoms with van der Waals surface area (Å²) in [6.07, 6.45) is 3.79. The van der Waals surface area contributed by atoms with Gasteiger partial charge in [0.25, 0.3) is 0 Å². The van der Waals surface area contributed by atoms with Gasteiger partial charge in [-0.1, -0.05) is 37.0 Å². The molecule has 1 saturated carbocycles. The summed E-state index contributed by atoms with van der Waals surface area (Å²) in [5.41, 5.74) is 1.08. The van der Waals surface area contributed by atoms with E-state index < -0.39 is 0 Å². The smallest absolute Gasteiger partial charge is 0.0612 e. The number of anilines is 1. The second-order valence-electron chi connectivity index (χ2n) is 5.24. The van der Waals surface area contributed by atoms with Gasteiger partial charge in [0, 0.05) is 11.7 Å². The zero-order chi connectivity index (χ0) is 12.4. The van der Waals surface area contributed by atoms with Gasteiger partial charge in [0.2, 0.25) is 0 Å². The highest BCUT2D eigenvalue weighted by atomic mass is 35.5. The summed E-state index contributed by atoms with van der Waals surface area (Å²) in [6.45, 7) is 4.69. The van der Waals surface area contributed by atoms with E-state index in [1.165, 1.54) is 19.3 Å². The number of nitrogens with one attached hydrogen (secondary N) is 1. The monoisotopic (exact) mass is 271 g/mol. The third-order valence-corrected chi connectivity index (χ3v) is 4.63. The molecule has 1 nitrogen and oxygen atoms in total. The van der Waals surface area contributed by atoms with Crippen molar-refractivity contribution in [3.05, 3.63) is 28.2 Å². The van der Waals surface area contributed by atoms with Gasteiger partial charge in [-0.2, -0.15) is 0 Å². The SMILES string of the molecule is CC1CCC(Nc2ccc(Cl)c(Cl)c2)CC1C. The molecule has 0 saturated heterocycles. The van der Waals surface area contributed by atoms with Gasteiger partial charge in [-0.15, -0.1) is 0 Å². The molecule has 0 amide bonds. The summed E-state index contributed by atoms with van der Waals surface area (Å²) < 4.78 is 0. The van der Waals surface area contributed by atoms with E-state index >= 15 is 0 Å². The quantitative estimate of drug-likeness (QED) is 0.777. The first kappa shape index (κ1) is 13.0. The maximum Gasteiger partial charge on any atom is 0.0612 e. The molecule has 0 bridgehead atoms. The average Bonchev–Trinajstić information content (AvgIpc) is 2.29. The van der Waals surface area contributed by atoms with Crippen molar-refractivity contribution in [2.75, 3.05) is 5.32 Å². The van der Waals surface area contributed by atoms with Gasteiger partial charge in [-0.25, -0.2) is 0 Å². The number of hydrogen-bond donors (Lipinski definition) is 1. The van der Waals surface area contributed by atoms with Crippen LogP contribution in [0.4, 0.5) is 5.69 Å². The third kappa shape index (κ3) is 3.29. The number of benzene rings is 1. The number of halogens is 2. The minimum Gasteiger partial charge on any atom is -0.382 e. The maximum atomic E-state index is 6.01. The standard InChI is InChI=1S/C14H19Cl2N/c1-9-3-4-11(7-10(9)2)17-12-5-6-13(15)14(16)8-12/h5-6,8-11,17H,3-4,7H2,1-2H3. The number of hydrogen-bond acceptors (Lipinski definition) is 1. The molecule has 94 valence electrons. The summed E-state index contributed by atoms with van der Waals surface area (Å²) in [5, 5.41) is 4.79. The van der Waals surface area contributed by atoms with Crippen LogP contribution in [-0.4, -0.2) is 6.04 Å². The van der Waals surface area contributed by atoms with Crippen molar-refractivity contribution in [3.8, 4) is 0 Å². The number of rotatable bonds is 2. The Morgan fingerprint density at radius 2 is 1.82 bits per heavy atom. The molecule has 1 aromatic rings. The highest BCUT2D eigenvalue weighted by Gasteiger charge is 2.24. The molecule has 1 fully saturated rings. The second kappa shape index (κ2) is 5.49. The predicted molar refractivity (Wildman–Crippen MR) is 76.1 cm³/mol. The minimum absolute atomic E-state index is 0.568. The average molecular weight is 272 g/mol. The van der Waals surface area contributed by atoms with Crippen molar-refractivity contribution in [2.45, 2.75) is 39.2 Å². The molecule has 0 spiro atoms. The minimum atomic E-state index is 0.568. The van der Waals surface area contributed by atoms with E-state index in [0.29, 0.717) is 16.1 Å². The Morgan fingerprint density at radius 3 is 2.47 bits per heavy atom. The molecule has 2 rings (SSSR count). The summed E-state index contributed by atoms with van der Waals surface area (Å²) in [6, 6.07) is 6.32. The van der Waals surface area contributed by atoms with Gasteiger partial charge in [-0.3, -0.25) is 0 Å². The molecule has 0 heterocycles. The molecule has 0 aliphatic heterocycles. The predicted octanol–water partition coefficient (Wildman–Crippen LogP) is 5.23. The Morgan fingerprint density at radius 1 is 1.06 bits per heavy atom. The topological polar surface area (TPSA) is 12.0 Å². The molecule has 1 aromatic carbocycles. The van der Waals surface area contributed by atoms with Crippen molar-refractivity contribution in [2.24, 2.45) is 11.8 Å². The zero-order valence-electron chi connectivity index (χ0n) is 10.3. The first-order chi connectivity index (χ1) is 8.06. The Balaban J connectivity index is 1.99. The molecule has 3 atom stereocenters. The van der Waals surface area contributed by atoms with Crippen LogP contribution in [0.2, 0.25) is 10.0 Å². The highest BCUT2D eigenvalue weighted by molar-refractivity contribution is 6.42. The fraction of sp³-hybridized carbons (Fsp3) is 0.571. The largest absolute Gasteiger partial charge is 0.382 e. The summed E-state index contributed by atoms with van der Waals surface area (Å²) >= 11 is 11.9. The van der Waals surface area contributed by atoms with Crippen molar-refractivity contribution < 1.29 is 0 Å². The van der Waals surface area contributed by atoms with Crippen LogP contribution in [0.1, 0.15) is 33.1 Å². The van der Waals surface area contributed by atoms with Gasteiger partial charge >= 0.3 is 0 Å². The molecular weight excluding hydrogens is 253 g/mol. The normalized spacial score (nSPS) is 29.1. The van der Waals surface area contributed by atoms with Crippen LogP contribution < -0.4 is 5.32 Å². The third-order valence-electron chi connectivity index (χ3n) is 3.89. The van der Waals surface area contributed by atoms with Crippen LogP contribution >= 0.6 is 23.2 Å². The van der Waals surface area contributed by atoms with Crippen LogP contribution in [0.25, 0.3) is 0 Å². The Bertz CT molecular complexity index is 392. The van der Waals surface area contributed by atoms with E-state index in [9.17, 15) is 0 Å². The molecule has 0 radical (unpaired) electrons. The summed E-state index contributed by atoms with van der Waals surface area (Å²) in [7, 11) is 0. The van der Waals surface area contributed by atoms with E-state index in [-0.39, 0.29) is 0 Å². The molecule has 1 aliphatic carbocycles. The van der Waals surface area contributed by atoms with Gasteiger partial charge < -0.3 is 5.32 Å². The Kier molecular flexibility index (Phi) is 4.22. The zero-order valence-corrected chi connectivity index (χ0v) is 11.9. The van der Waals surface area contributed by atoms with Crippen molar-refractivity contribution in [3.63, 3.8) is 0 Å². The van der Waals surface area contributed by atoms with Gasteiger partial charge in [-0.05, 0) is 49.3 Å². The molecule has 0 aromatic heterocycles. The molecule has 1 aliphatic rings. The van der Waals surface area contributed by atoms with E-state index in [2.05, 4.69) is 19.2 Å². The second-order valence-corrected chi connectivity index (χ2v) is 6.05.